The summed E-state index contributed by atoms with van der Waals surface area (Å²) in [5.74, 6) is 0. The SMILES string of the molecule is CC(C)(C)NCC(O)CCN/C=C(\N)C(C)(C)C. The average molecular weight is 257 g/mol. The molecule has 4 nitrogen and oxygen atoms in total. The molecule has 4 heteroatoms. The van der Waals surface area contributed by atoms with Gasteiger partial charge in [0.2, 0.25) is 0 Å². The van der Waals surface area contributed by atoms with Gasteiger partial charge in [-0.1, -0.05) is 20.8 Å². The van der Waals surface area contributed by atoms with Crippen LogP contribution in [0.5, 0.6) is 0 Å². The van der Waals surface area contributed by atoms with Crippen molar-refractivity contribution >= 4 is 0 Å². The highest BCUT2D eigenvalue weighted by Crippen LogP contribution is 2.19. The van der Waals surface area contributed by atoms with E-state index in [-0.39, 0.29) is 17.1 Å². The fourth-order valence-electron chi connectivity index (χ4n) is 1.17. The smallest absolute Gasteiger partial charge is 0.0681 e. The van der Waals surface area contributed by atoms with Crippen LogP contribution < -0.4 is 16.4 Å². The molecule has 0 heterocycles. The lowest BCUT2D eigenvalue weighted by Crippen LogP contribution is -2.41. The predicted octanol–water partition coefficient (Wildman–Crippen LogP) is 1.56. The van der Waals surface area contributed by atoms with Crippen molar-refractivity contribution in [2.45, 2.75) is 59.6 Å². The van der Waals surface area contributed by atoms with E-state index in [4.69, 9.17) is 5.73 Å². The summed E-state index contributed by atoms with van der Waals surface area (Å²) in [5.41, 5.74) is 6.76. The zero-order valence-corrected chi connectivity index (χ0v) is 12.8. The Balaban J connectivity index is 3.79. The third-order valence-corrected chi connectivity index (χ3v) is 2.61. The first-order valence-electron chi connectivity index (χ1n) is 6.65. The first-order chi connectivity index (χ1) is 8.02. The van der Waals surface area contributed by atoms with E-state index < -0.39 is 0 Å². The molecule has 0 aromatic carbocycles. The summed E-state index contributed by atoms with van der Waals surface area (Å²) in [6, 6.07) is 0. The Labute approximate surface area is 112 Å². The van der Waals surface area contributed by atoms with Crippen LogP contribution in [0, 0.1) is 5.41 Å². The largest absolute Gasteiger partial charge is 0.400 e. The van der Waals surface area contributed by atoms with Crippen molar-refractivity contribution in [1.82, 2.24) is 10.6 Å². The Morgan fingerprint density at radius 1 is 1.22 bits per heavy atom. The fourth-order valence-corrected chi connectivity index (χ4v) is 1.17. The van der Waals surface area contributed by atoms with E-state index in [1.165, 1.54) is 0 Å². The first kappa shape index (κ1) is 17.3. The molecule has 0 aromatic rings. The van der Waals surface area contributed by atoms with Gasteiger partial charge in [0.05, 0.1) is 6.10 Å². The third-order valence-electron chi connectivity index (χ3n) is 2.61. The summed E-state index contributed by atoms with van der Waals surface area (Å²) in [6.07, 6.45) is 2.21. The monoisotopic (exact) mass is 257 g/mol. The van der Waals surface area contributed by atoms with Gasteiger partial charge in [0, 0.05) is 35.9 Å². The van der Waals surface area contributed by atoms with Crippen LogP contribution in [-0.2, 0) is 0 Å². The van der Waals surface area contributed by atoms with E-state index >= 15 is 0 Å². The average Bonchev–Trinajstić information content (AvgIpc) is 2.18. The van der Waals surface area contributed by atoms with E-state index in [2.05, 4.69) is 52.2 Å². The molecule has 0 spiro atoms. The fraction of sp³-hybridized carbons (Fsp3) is 0.857. The van der Waals surface area contributed by atoms with Crippen LogP contribution in [-0.4, -0.2) is 29.8 Å². The van der Waals surface area contributed by atoms with Crippen LogP contribution in [0.15, 0.2) is 11.9 Å². The molecule has 0 radical (unpaired) electrons. The molecule has 0 bridgehead atoms. The number of hydrogen-bond acceptors (Lipinski definition) is 4. The van der Waals surface area contributed by atoms with Gasteiger partial charge >= 0.3 is 0 Å². The number of β-amino-alcohol motifs (C(OH)–C–C–N with tert-alkyl or cyclic N) is 1. The summed E-state index contributed by atoms with van der Waals surface area (Å²) >= 11 is 0. The van der Waals surface area contributed by atoms with Crippen LogP contribution in [0.1, 0.15) is 48.0 Å². The quantitative estimate of drug-likeness (QED) is 0.545. The molecule has 1 atom stereocenters. The lowest BCUT2D eigenvalue weighted by molar-refractivity contribution is 0.152. The van der Waals surface area contributed by atoms with Gasteiger partial charge < -0.3 is 21.5 Å². The number of allylic oxidation sites excluding steroid dienone is 1. The van der Waals surface area contributed by atoms with Crippen molar-refractivity contribution in [2.75, 3.05) is 13.1 Å². The predicted molar refractivity (Wildman–Crippen MR) is 78.1 cm³/mol. The molecule has 1 unspecified atom stereocenters. The lowest BCUT2D eigenvalue weighted by Gasteiger charge is -2.23. The summed E-state index contributed by atoms with van der Waals surface area (Å²) in [6.45, 7) is 13.8. The molecule has 108 valence electrons. The van der Waals surface area contributed by atoms with E-state index in [0.717, 1.165) is 12.2 Å². The number of nitrogens with two attached hydrogens (primary N) is 1. The van der Waals surface area contributed by atoms with E-state index in [0.29, 0.717) is 13.0 Å². The van der Waals surface area contributed by atoms with Gasteiger partial charge in [0.15, 0.2) is 0 Å². The molecule has 5 N–H and O–H groups in total. The molecular formula is C14H31N3O. The minimum absolute atomic E-state index is 0.0145. The van der Waals surface area contributed by atoms with Crippen LogP contribution >= 0.6 is 0 Å². The van der Waals surface area contributed by atoms with Gasteiger partial charge in [-0.3, -0.25) is 0 Å². The second kappa shape index (κ2) is 7.00. The van der Waals surface area contributed by atoms with Crippen LogP contribution in [0.25, 0.3) is 0 Å². The van der Waals surface area contributed by atoms with Crippen molar-refractivity contribution in [3.05, 3.63) is 11.9 Å². The van der Waals surface area contributed by atoms with Crippen molar-refractivity contribution in [2.24, 2.45) is 11.1 Å². The second-order valence-electron chi connectivity index (χ2n) is 6.88. The molecule has 0 aliphatic heterocycles. The molecule has 0 saturated heterocycles. The normalized spacial score (nSPS) is 15.6. The zero-order valence-electron chi connectivity index (χ0n) is 12.8. The molecule has 0 saturated carbocycles. The summed E-state index contributed by atoms with van der Waals surface area (Å²) in [7, 11) is 0. The second-order valence-corrected chi connectivity index (χ2v) is 6.88. The van der Waals surface area contributed by atoms with Crippen LogP contribution in [0.2, 0.25) is 0 Å². The van der Waals surface area contributed by atoms with Gasteiger partial charge in [-0.15, -0.1) is 0 Å². The molecule has 0 rings (SSSR count). The maximum absolute atomic E-state index is 9.78. The Morgan fingerprint density at radius 3 is 2.22 bits per heavy atom. The van der Waals surface area contributed by atoms with Crippen molar-refractivity contribution in [3.63, 3.8) is 0 Å². The maximum Gasteiger partial charge on any atom is 0.0681 e. The number of rotatable bonds is 6. The molecule has 0 aliphatic carbocycles. The van der Waals surface area contributed by atoms with E-state index in [1.54, 1.807) is 0 Å². The molecule has 0 aliphatic rings. The Hall–Kier alpha value is -0.740. The minimum Gasteiger partial charge on any atom is -0.400 e. The molecule has 0 aromatic heterocycles. The van der Waals surface area contributed by atoms with Gasteiger partial charge in [-0.2, -0.15) is 0 Å². The Kier molecular flexibility index (Phi) is 6.71. The van der Waals surface area contributed by atoms with E-state index in [9.17, 15) is 5.11 Å². The molecule has 0 amide bonds. The highest BCUT2D eigenvalue weighted by Gasteiger charge is 2.13. The van der Waals surface area contributed by atoms with Crippen molar-refractivity contribution in [3.8, 4) is 0 Å². The number of aliphatic hydroxyl groups is 1. The summed E-state index contributed by atoms with van der Waals surface area (Å²) < 4.78 is 0. The van der Waals surface area contributed by atoms with Crippen molar-refractivity contribution in [1.29, 1.82) is 0 Å². The Morgan fingerprint density at radius 2 is 1.78 bits per heavy atom. The maximum atomic E-state index is 9.78. The number of hydrogen-bond donors (Lipinski definition) is 4. The lowest BCUT2D eigenvalue weighted by atomic mass is 9.93. The van der Waals surface area contributed by atoms with Gasteiger partial charge in [0.25, 0.3) is 0 Å². The molecular weight excluding hydrogens is 226 g/mol. The summed E-state index contributed by atoms with van der Waals surface area (Å²) in [5, 5.41) is 16.2. The van der Waals surface area contributed by atoms with Gasteiger partial charge in [-0.05, 0) is 27.2 Å². The minimum atomic E-state index is -0.332. The Bertz CT molecular complexity index is 261. The van der Waals surface area contributed by atoms with Gasteiger partial charge in [-0.25, -0.2) is 0 Å². The highest BCUT2D eigenvalue weighted by atomic mass is 16.3. The third kappa shape index (κ3) is 9.31. The zero-order chi connectivity index (χ0) is 14.4. The summed E-state index contributed by atoms with van der Waals surface area (Å²) in [4.78, 5) is 0. The topological polar surface area (TPSA) is 70.3 Å². The van der Waals surface area contributed by atoms with E-state index in [1.807, 2.05) is 6.20 Å². The number of nitrogens with one attached hydrogen (secondary N) is 2. The molecule has 18 heavy (non-hydrogen) atoms. The van der Waals surface area contributed by atoms with Crippen LogP contribution in [0.4, 0.5) is 0 Å². The number of aliphatic hydroxyl groups excluding tert-OH is 1. The molecule has 0 fully saturated rings. The highest BCUT2D eigenvalue weighted by molar-refractivity contribution is 5.04. The standard InChI is InChI=1S/C14H31N3O/c1-13(2,3)12(15)10-16-8-7-11(18)9-17-14(4,5)6/h10-11,16-18H,7-9,15H2,1-6H3/b12-10-. The van der Waals surface area contributed by atoms with Crippen LogP contribution in [0.3, 0.4) is 0 Å². The van der Waals surface area contributed by atoms with Gasteiger partial charge in [0.1, 0.15) is 0 Å². The first-order valence-corrected chi connectivity index (χ1v) is 6.65. The van der Waals surface area contributed by atoms with Crippen molar-refractivity contribution < 1.29 is 5.11 Å².